The molecule has 0 bridgehead atoms. The van der Waals surface area contributed by atoms with Gasteiger partial charge in [-0.25, -0.2) is 4.98 Å². The molecule has 0 saturated carbocycles. The van der Waals surface area contributed by atoms with Crippen molar-refractivity contribution in [2.45, 2.75) is 77.0 Å². The van der Waals surface area contributed by atoms with Crippen molar-refractivity contribution < 1.29 is 9.59 Å². The van der Waals surface area contributed by atoms with Crippen LogP contribution in [0.15, 0.2) is 71.9 Å². The van der Waals surface area contributed by atoms with E-state index in [1.165, 1.54) is 36.6 Å². The molecule has 1 unspecified atom stereocenters. The molecule has 48 heavy (non-hydrogen) atoms. The fourth-order valence-corrected chi connectivity index (χ4v) is 7.42. The number of halogens is 1. The molecule has 0 radical (unpaired) electrons. The lowest BCUT2D eigenvalue weighted by molar-refractivity contribution is -0.133. The molecule has 3 heterocycles. The van der Waals surface area contributed by atoms with E-state index in [4.69, 9.17) is 16.6 Å². The number of hydrogen-bond acceptors (Lipinski definition) is 6. The van der Waals surface area contributed by atoms with Gasteiger partial charge in [-0.3, -0.25) is 9.59 Å². The average Bonchev–Trinajstić information content (AvgIpc) is 3.38. The van der Waals surface area contributed by atoms with Crippen LogP contribution in [-0.2, 0) is 17.8 Å². The van der Waals surface area contributed by atoms with Crippen molar-refractivity contribution in [3.63, 3.8) is 0 Å². The van der Waals surface area contributed by atoms with Gasteiger partial charge in [0.25, 0.3) is 5.91 Å². The number of hydrogen-bond donors (Lipinski definition) is 0. The summed E-state index contributed by atoms with van der Waals surface area (Å²) in [4.78, 5) is 35.2. The number of amides is 2. The molecule has 250 valence electrons. The third-order valence-corrected chi connectivity index (χ3v) is 10.3. The van der Waals surface area contributed by atoms with E-state index in [0.29, 0.717) is 60.5 Å². The van der Waals surface area contributed by atoms with Gasteiger partial charge in [-0.1, -0.05) is 79.0 Å². The average molecular weight is 683 g/mol. The molecule has 1 aliphatic rings. The lowest BCUT2D eigenvalue weighted by Crippen LogP contribution is -2.55. The second kappa shape index (κ2) is 15.5. The monoisotopic (exact) mass is 682 g/mol. The van der Waals surface area contributed by atoms with Gasteiger partial charge >= 0.3 is 0 Å². The zero-order valence-corrected chi connectivity index (χ0v) is 29.6. The molecule has 5 aromatic rings. The maximum atomic E-state index is 13.3. The van der Waals surface area contributed by atoms with Gasteiger partial charge in [-0.05, 0) is 80.6 Å². The van der Waals surface area contributed by atoms with Crippen LogP contribution in [0, 0.1) is 6.92 Å². The van der Waals surface area contributed by atoms with Crippen molar-refractivity contribution in [1.82, 2.24) is 29.5 Å². The summed E-state index contributed by atoms with van der Waals surface area (Å²) in [6, 6.07) is 22.2. The van der Waals surface area contributed by atoms with Crippen molar-refractivity contribution in [2.75, 3.05) is 25.4 Å². The van der Waals surface area contributed by atoms with Crippen LogP contribution >= 0.6 is 23.4 Å². The van der Waals surface area contributed by atoms with Gasteiger partial charge in [-0.2, -0.15) is 0 Å². The summed E-state index contributed by atoms with van der Waals surface area (Å²) in [6.07, 6.45) is 5.79. The van der Waals surface area contributed by atoms with Crippen LogP contribution in [0.2, 0.25) is 5.02 Å². The maximum Gasteiger partial charge on any atom is 0.254 e. The van der Waals surface area contributed by atoms with Gasteiger partial charge in [-0.15, -0.1) is 10.2 Å². The standard InChI is InChI=1S/C38H43ClN6O2S/c1-4-5-6-9-28-14-16-30(17-15-28)37(47)44-20-19-43(24-27(44)3)34(46)12-8-21-48-38-40-36-35(41-42-38)32-22-26(2)13-18-33(32)45(36)25-29-10-7-11-31(39)23-29/h7,10-11,13-18,22-23,27H,4-6,8-9,12,19-21,24-25H2,1-3H3. The first-order valence-electron chi connectivity index (χ1n) is 17.0. The highest BCUT2D eigenvalue weighted by Crippen LogP contribution is 2.30. The summed E-state index contributed by atoms with van der Waals surface area (Å²) in [7, 11) is 0. The van der Waals surface area contributed by atoms with E-state index in [-0.39, 0.29) is 17.9 Å². The van der Waals surface area contributed by atoms with E-state index in [0.717, 1.165) is 39.6 Å². The fourth-order valence-electron chi connectivity index (χ4n) is 6.48. The smallest absolute Gasteiger partial charge is 0.254 e. The molecule has 6 rings (SSSR count). The fraction of sp³-hybridized carbons (Fsp3) is 0.395. The predicted molar refractivity (Wildman–Crippen MR) is 195 cm³/mol. The summed E-state index contributed by atoms with van der Waals surface area (Å²) in [5, 5.41) is 11.4. The second-order valence-electron chi connectivity index (χ2n) is 12.8. The molecule has 2 aromatic heterocycles. The lowest BCUT2D eigenvalue weighted by Gasteiger charge is -2.40. The predicted octanol–water partition coefficient (Wildman–Crippen LogP) is 7.97. The van der Waals surface area contributed by atoms with Crippen molar-refractivity contribution in [1.29, 1.82) is 0 Å². The zero-order chi connectivity index (χ0) is 33.6. The van der Waals surface area contributed by atoms with Gasteiger partial charge in [0.15, 0.2) is 5.65 Å². The molecule has 8 nitrogen and oxygen atoms in total. The number of fused-ring (bicyclic) bond motifs is 3. The van der Waals surface area contributed by atoms with E-state index in [9.17, 15) is 9.59 Å². The Morgan fingerprint density at radius 2 is 1.79 bits per heavy atom. The Balaban J connectivity index is 1.03. The molecule has 0 spiro atoms. The summed E-state index contributed by atoms with van der Waals surface area (Å²) in [5.41, 5.74) is 6.84. The number of nitrogens with zero attached hydrogens (tertiary/aromatic N) is 6. The zero-order valence-electron chi connectivity index (χ0n) is 28.0. The second-order valence-corrected chi connectivity index (χ2v) is 14.3. The molecular weight excluding hydrogens is 640 g/mol. The Labute approximate surface area is 291 Å². The van der Waals surface area contributed by atoms with E-state index >= 15 is 0 Å². The number of unbranched alkanes of at least 4 members (excludes halogenated alkanes) is 2. The Bertz CT molecular complexity index is 1910. The van der Waals surface area contributed by atoms with Gasteiger partial charge in [0.1, 0.15) is 5.52 Å². The number of benzene rings is 3. The van der Waals surface area contributed by atoms with Crippen molar-refractivity contribution in [3.05, 3.63) is 94.0 Å². The van der Waals surface area contributed by atoms with Crippen LogP contribution < -0.4 is 0 Å². The minimum atomic E-state index is -0.0394. The summed E-state index contributed by atoms with van der Waals surface area (Å²) in [5.74, 6) is 0.866. The third-order valence-electron chi connectivity index (χ3n) is 9.11. The number of thioether (sulfide) groups is 1. The highest BCUT2D eigenvalue weighted by atomic mass is 35.5. The number of rotatable bonds is 12. The van der Waals surface area contributed by atoms with Crippen LogP contribution in [-0.4, -0.2) is 72.8 Å². The largest absolute Gasteiger partial charge is 0.339 e. The lowest BCUT2D eigenvalue weighted by atomic mass is 10.0. The Morgan fingerprint density at radius 1 is 0.958 bits per heavy atom. The minimum absolute atomic E-state index is 0.0394. The van der Waals surface area contributed by atoms with Gasteiger partial charge in [0.05, 0.1) is 5.52 Å². The van der Waals surface area contributed by atoms with Crippen LogP contribution in [0.25, 0.3) is 22.1 Å². The summed E-state index contributed by atoms with van der Waals surface area (Å²) in [6.45, 7) is 8.56. The van der Waals surface area contributed by atoms with E-state index in [1.54, 1.807) is 0 Å². The number of aromatic nitrogens is 4. The number of aryl methyl sites for hydroxylation is 2. The van der Waals surface area contributed by atoms with Crippen LogP contribution in [0.3, 0.4) is 0 Å². The summed E-state index contributed by atoms with van der Waals surface area (Å²) < 4.78 is 2.17. The third kappa shape index (κ3) is 7.84. The van der Waals surface area contributed by atoms with Crippen molar-refractivity contribution in [3.8, 4) is 0 Å². The van der Waals surface area contributed by atoms with E-state index in [2.05, 4.69) is 65.0 Å². The molecule has 1 fully saturated rings. The molecular formula is C38H43ClN6O2S. The topological polar surface area (TPSA) is 84.2 Å². The quantitative estimate of drug-likeness (QED) is 0.0981. The molecule has 3 aromatic carbocycles. The highest BCUT2D eigenvalue weighted by Gasteiger charge is 2.30. The molecule has 1 atom stereocenters. The number of carbonyl (C=O) groups is 2. The first-order valence-corrected chi connectivity index (χ1v) is 18.3. The molecule has 1 aliphatic heterocycles. The Kier molecular flexibility index (Phi) is 11.0. The number of carbonyl (C=O) groups excluding carboxylic acids is 2. The summed E-state index contributed by atoms with van der Waals surface area (Å²) >= 11 is 7.81. The van der Waals surface area contributed by atoms with Gasteiger partial charge < -0.3 is 14.4 Å². The highest BCUT2D eigenvalue weighted by molar-refractivity contribution is 7.99. The van der Waals surface area contributed by atoms with Crippen LogP contribution in [0.1, 0.15) is 73.0 Å². The normalized spacial score (nSPS) is 15.0. The molecule has 1 saturated heterocycles. The van der Waals surface area contributed by atoms with E-state index < -0.39 is 0 Å². The SMILES string of the molecule is CCCCCc1ccc(C(=O)N2CCN(C(=O)CCCSc3nnc4c5cc(C)ccc5n(Cc5cccc(Cl)c5)c4n3)CC2C)cc1. The van der Waals surface area contributed by atoms with E-state index in [1.807, 2.05) is 47.1 Å². The first-order chi connectivity index (χ1) is 23.3. The molecule has 0 aliphatic carbocycles. The first kappa shape index (κ1) is 33.9. The molecule has 10 heteroatoms. The van der Waals surface area contributed by atoms with Crippen molar-refractivity contribution in [2.24, 2.45) is 0 Å². The Hall–Kier alpha value is -3.95. The van der Waals surface area contributed by atoms with Gasteiger partial charge in [0.2, 0.25) is 11.1 Å². The molecule has 2 amide bonds. The number of piperazine rings is 1. The molecule has 0 N–H and O–H groups in total. The minimum Gasteiger partial charge on any atom is -0.339 e. The van der Waals surface area contributed by atoms with Crippen LogP contribution in [0.5, 0.6) is 0 Å². The van der Waals surface area contributed by atoms with Crippen molar-refractivity contribution >= 4 is 57.2 Å². The Morgan fingerprint density at radius 3 is 2.56 bits per heavy atom. The maximum absolute atomic E-state index is 13.3. The van der Waals surface area contributed by atoms with Crippen LogP contribution in [0.4, 0.5) is 0 Å². The van der Waals surface area contributed by atoms with Gasteiger partial charge in [0, 0.05) is 60.4 Å².